The van der Waals surface area contributed by atoms with E-state index in [1.807, 2.05) is 51.1 Å². The molecule has 0 aromatic heterocycles. The molecule has 72 valence electrons. The van der Waals surface area contributed by atoms with Crippen molar-refractivity contribution in [2.45, 2.75) is 30.4 Å². The zero-order valence-electron chi connectivity index (χ0n) is 8.11. The predicted molar refractivity (Wildman–Crippen MR) is 60.2 cm³/mol. The minimum Gasteiger partial charge on any atom is -0.247 e. The maximum Gasteiger partial charge on any atom is 0.0906 e. The molecule has 1 aromatic carbocycles. The average molecular weight is 214 g/mol. The van der Waals surface area contributed by atoms with Gasteiger partial charge in [0.15, 0.2) is 0 Å². The first kappa shape index (κ1) is 10.8. The molecule has 0 saturated heterocycles. The fourth-order valence-electron chi connectivity index (χ4n) is 0.688. The van der Waals surface area contributed by atoms with Gasteiger partial charge in [0.1, 0.15) is 0 Å². The van der Waals surface area contributed by atoms with Crippen LogP contribution in [0.2, 0.25) is 0 Å². The van der Waals surface area contributed by atoms with E-state index in [0.717, 1.165) is 4.90 Å². The summed E-state index contributed by atoms with van der Waals surface area (Å²) in [6, 6.07) is 9.84. The van der Waals surface area contributed by atoms with Crippen molar-refractivity contribution < 1.29 is 4.21 Å². The Morgan fingerprint density at radius 2 is 1.69 bits per heavy atom. The summed E-state index contributed by atoms with van der Waals surface area (Å²) in [7, 11) is 0.551. The molecule has 0 heterocycles. The van der Waals surface area contributed by atoms with E-state index in [-0.39, 0.29) is 4.75 Å². The quantitative estimate of drug-likeness (QED) is 0.703. The van der Waals surface area contributed by atoms with Gasteiger partial charge in [-0.25, -0.2) is 4.21 Å². The minimum atomic E-state index is -0.872. The molecule has 1 rings (SSSR count). The lowest BCUT2D eigenvalue weighted by Crippen LogP contribution is -2.18. The maximum atomic E-state index is 11.7. The number of rotatable bonds is 2. The molecule has 0 N–H and O–H groups in total. The molecule has 1 aromatic rings. The van der Waals surface area contributed by atoms with Crippen molar-refractivity contribution in [1.82, 2.24) is 0 Å². The zero-order valence-corrected chi connectivity index (χ0v) is 9.74. The highest BCUT2D eigenvalue weighted by atomic mass is 33.1. The average Bonchev–Trinajstić information content (AvgIpc) is 2.04. The molecule has 1 atom stereocenters. The third-order valence-electron chi connectivity index (χ3n) is 1.42. The number of hydrogen-bond donors (Lipinski definition) is 0. The van der Waals surface area contributed by atoms with E-state index in [4.69, 9.17) is 0 Å². The lowest BCUT2D eigenvalue weighted by atomic mass is 10.3. The van der Waals surface area contributed by atoms with E-state index in [0.29, 0.717) is 0 Å². The van der Waals surface area contributed by atoms with Crippen LogP contribution in [0, 0.1) is 0 Å². The van der Waals surface area contributed by atoms with Gasteiger partial charge in [0.05, 0.1) is 9.83 Å². The first-order valence-electron chi connectivity index (χ1n) is 4.15. The number of benzene rings is 1. The standard InChI is InChI=1S/C10H14OS2/c1-10(2,3)13(11)12-9-7-5-4-6-8-9/h4-8H,1-3H3. The molecule has 0 bridgehead atoms. The Hall–Kier alpha value is -0.280. The van der Waals surface area contributed by atoms with Crippen LogP contribution in [0.4, 0.5) is 0 Å². The summed E-state index contributed by atoms with van der Waals surface area (Å²) >= 11 is 0. The van der Waals surface area contributed by atoms with E-state index >= 15 is 0 Å². The van der Waals surface area contributed by atoms with Crippen molar-refractivity contribution in [2.75, 3.05) is 0 Å². The van der Waals surface area contributed by atoms with Crippen LogP contribution in [-0.4, -0.2) is 8.96 Å². The Morgan fingerprint density at radius 1 is 1.15 bits per heavy atom. The highest BCUT2D eigenvalue weighted by Crippen LogP contribution is 2.29. The third-order valence-corrected chi connectivity index (χ3v) is 5.56. The summed E-state index contributed by atoms with van der Waals surface area (Å²) in [5.74, 6) is 0. The molecule has 0 fully saturated rings. The van der Waals surface area contributed by atoms with E-state index in [9.17, 15) is 4.21 Å². The van der Waals surface area contributed by atoms with Gasteiger partial charge in [-0.3, -0.25) is 0 Å². The van der Waals surface area contributed by atoms with Crippen LogP contribution in [0.1, 0.15) is 20.8 Å². The summed E-state index contributed by atoms with van der Waals surface area (Å²) in [5.41, 5.74) is 0. The van der Waals surface area contributed by atoms with E-state index in [1.54, 1.807) is 0 Å². The van der Waals surface area contributed by atoms with Gasteiger partial charge in [-0.05, 0) is 43.7 Å². The second-order valence-corrected chi connectivity index (χ2v) is 7.48. The van der Waals surface area contributed by atoms with Crippen LogP contribution in [0.5, 0.6) is 0 Å². The highest BCUT2D eigenvalue weighted by molar-refractivity contribution is 8.69. The van der Waals surface area contributed by atoms with Gasteiger partial charge in [0.25, 0.3) is 0 Å². The van der Waals surface area contributed by atoms with Crippen molar-refractivity contribution in [3.63, 3.8) is 0 Å². The van der Waals surface area contributed by atoms with Crippen molar-refractivity contribution in [3.8, 4) is 0 Å². The molecule has 0 amide bonds. The lowest BCUT2D eigenvalue weighted by molar-refractivity contribution is 0.661. The largest absolute Gasteiger partial charge is 0.247 e. The summed E-state index contributed by atoms with van der Waals surface area (Å²) in [6.07, 6.45) is 0. The SMILES string of the molecule is CC(C)(C)S(=O)Sc1ccccc1. The summed E-state index contributed by atoms with van der Waals surface area (Å²) in [6.45, 7) is 5.96. The van der Waals surface area contributed by atoms with Crippen molar-refractivity contribution >= 4 is 20.6 Å². The topological polar surface area (TPSA) is 17.1 Å². The molecule has 1 unspecified atom stereocenters. The molecule has 1 nitrogen and oxygen atoms in total. The molecule has 3 heteroatoms. The molecular formula is C10H14OS2. The smallest absolute Gasteiger partial charge is 0.0906 e. The molecule has 13 heavy (non-hydrogen) atoms. The Bertz CT molecular complexity index is 288. The highest BCUT2D eigenvalue weighted by Gasteiger charge is 2.20. The van der Waals surface area contributed by atoms with E-state index in [1.165, 1.54) is 10.8 Å². The molecule has 0 aliphatic rings. The fraction of sp³-hybridized carbons (Fsp3) is 0.400. The Kier molecular flexibility index (Phi) is 3.56. The van der Waals surface area contributed by atoms with E-state index in [2.05, 4.69) is 0 Å². The second kappa shape index (κ2) is 4.29. The van der Waals surface area contributed by atoms with Gasteiger partial charge in [-0.1, -0.05) is 18.2 Å². The molecule has 0 aliphatic carbocycles. The van der Waals surface area contributed by atoms with Crippen LogP contribution >= 0.6 is 10.8 Å². The summed E-state index contributed by atoms with van der Waals surface area (Å²) < 4.78 is 11.6. The Morgan fingerprint density at radius 3 is 2.15 bits per heavy atom. The first-order valence-corrected chi connectivity index (χ1v) is 6.64. The molecule has 0 saturated carbocycles. The second-order valence-electron chi connectivity index (χ2n) is 3.74. The summed E-state index contributed by atoms with van der Waals surface area (Å²) in [5, 5.41) is 0. The van der Waals surface area contributed by atoms with Crippen LogP contribution in [0.15, 0.2) is 35.2 Å². The van der Waals surface area contributed by atoms with Gasteiger partial charge in [-0.15, -0.1) is 0 Å². The molecule has 0 radical (unpaired) electrons. The number of hydrogen-bond acceptors (Lipinski definition) is 2. The van der Waals surface area contributed by atoms with Crippen LogP contribution in [0.3, 0.4) is 0 Å². The van der Waals surface area contributed by atoms with Gasteiger partial charge < -0.3 is 0 Å². The van der Waals surface area contributed by atoms with Crippen molar-refractivity contribution in [3.05, 3.63) is 30.3 Å². The Balaban J connectivity index is 2.66. The van der Waals surface area contributed by atoms with Crippen molar-refractivity contribution in [2.24, 2.45) is 0 Å². The van der Waals surface area contributed by atoms with Crippen LogP contribution in [-0.2, 0) is 9.83 Å². The fourth-order valence-corrected chi connectivity index (χ4v) is 2.99. The van der Waals surface area contributed by atoms with Crippen LogP contribution < -0.4 is 0 Å². The normalized spacial score (nSPS) is 14.1. The first-order chi connectivity index (χ1) is 6.00. The zero-order chi connectivity index (χ0) is 9.90. The maximum absolute atomic E-state index is 11.7. The Labute approximate surface area is 85.8 Å². The monoisotopic (exact) mass is 214 g/mol. The molecular weight excluding hydrogens is 200 g/mol. The van der Waals surface area contributed by atoms with Gasteiger partial charge in [0, 0.05) is 9.64 Å². The van der Waals surface area contributed by atoms with Gasteiger partial charge in [-0.2, -0.15) is 0 Å². The third kappa shape index (κ3) is 3.53. The summed E-state index contributed by atoms with van der Waals surface area (Å²) in [4.78, 5) is 1.07. The lowest BCUT2D eigenvalue weighted by Gasteiger charge is -2.16. The minimum absolute atomic E-state index is 0.152. The molecule has 0 spiro atoms. The molecule has 0 aliphatic heterocycles. The predicted octanol–water partition coefficient (Wildman–Crippen LogP) is 3.24. The van der Waals surface area contributed by atoms with E-state index < -0.39 is 9.83 Å². The van der Waals surface area contributed by atoms with Crippen molar-refractivity contribution in [1.29, 1.82) is 0 Å². The van der Waals surface area contributed by atoms with Gasteiger partial charge in [0.2, 0.25) is 0 Å². The van der Waals surface area contributed by atoms with Gasteiger partial charge >= 0.3 is 0 Å². The van der Waals surface area contributed by atoms with Crippen LogP contribution in [0.25, 0.3) is 0 Å².